The fourth-order valence-corrected chi connectivity index (χ4v) is 4.75. The van der Waals surface area contributed by atoms with E-state index >= 15 is 0 Å². The summed E-state index contributed by atoms with van der Waals surface area (Å²) >= 11 is 0. The van der Waals surface area contributed by atoms with Gasteiger partial charge in [0, 0.05) is 55.1 Å². The molecule has 178 valence electrons. The fourth-order valence-electron chi connectivity index (χ4n) is 4.75. The molecule has 0 bridgehead atoms. The van der Waals surface area contributed by atoms with Crippen molar-refractivity contribution in [3.63, 3.8) is 0 Å². The van der Waals surface area contributed by atoms with Crippen molar-refractivity contribution < 1.29 is 9.53 Å². The zero-order chi connectivity index (χ0) is 24.2. The Bertz CT molecular complexity index is 1370. The van der Waals surface area contributed by atoms with Crippen LogP contribution in [-0.2, 0) is 18.4 Å². The van der Waals surface area contributed by atoms with Crippen molar-refractivity contribution in [3.05, 3.63) is 85.2 Å². The van der Waals surface area contributed by atoms with Gasteiger partial charge in [-0.25, -0.2) is 4.98 Å². The lowest BCUT2D eigenvalue weighted by atomic mass is 10.1. The van der Waals surface area contributed by atoms with Crippen LogP contribution >= 0.6 is 0 Å². The molecule has 6 heteroatoms. The van der Waals surface area contributed by atoms with E-state index in [4.69, 9.17) is 4.74 Å². The summed E-state index contributed by atoms with van der Waals surface area (Å²) in [5, 5.41) is 4.17. The lowest BCUT2D eigenvalue weighted by Crippen LogP contribution is -2.30. The molecule has 2 aromatic carbocycles. The van der Waals surface area contributed by atoms with Gasteiger partial charge in [0.15, 0.2) is 0 Å². The third-order valence-electron chi connectivity index (χ3n) is 6.53. The van der Waals surface area contributed by atoms with Crippen molar-refractivity contribution >= 4 is 28.2 Å². The first-order valence-electron chi connectivity index (χ1n) is 12.1. The van der Waals surface area contributed by atoms with E-state index in [0.29, 0.717) is 12.5 Å². The Morgan fingerprint density at radius 1 is 1.11 bits per heavy atom. The van der Waals surface area contributed by atoms with E-state index in [-0.39, 0.29) is 5.91 Å². The van der Waals surface area contributed by atoms with Crippen molar-refractivity contribution in [2.45, 2.75) is 25.9 Å². The highest BCUT2D eigenvalue weighted by Crippen LogP contribution is 2.32. The monoisotopic (exact) mass is 466 g/mol. The molecule has 35 heavy (non-hydrogen) atoms. The molecule has 2 aromatic heterocycles. The van der Waals surface area contributed by atoms with Gasteiger partial charge in [0.25, 0.3) is 0 Å². The zero-order valence-electron chi connectivity index (χ0n) is 20.0. The summed E-state index contributed by atoms with van der Waals surface area (Å²) in [6.45, 7) is 5.94. The van der Waals surface area contributed by atoms with Crippen LogP contribution in [0.2, 0.25) is 0 Å². The number of ether oxygens (including phenoxy) is 1. The van der Waals surface area contributed by atoms with Crippen molar-refractivity contribution in [2.24, 2.45) is 7.05 Å². The van der Waals surface area contributed by atoms with Gasteiger partial charge in [0.1, 0.15) is 6.61 Å². The number of benzene rings is 2. The summed E-state index contributed by atoms with van der Waals surface area (Å²) in [5.74, 6) is 0.345. The molecule has 3 heterocycles. The maximum Gasteiger partial charge on any atom is 0.247 e. The number of para-hydroxylation sites is 1. The molecule has 4 aromatic rings. The molecule has 5 rings (SSSR count). The topological polar surface area (TPSA) is 59.4 Å². The number of carbonyl (C=O) groups is 1. The van der Waals surface area contributed by atoms with E-state index in [1.165, 1.54) is 36.2 Å². The van der Waals surface area contributed by atoms with Crippen molar-refractivity contribution in [1.29, 1.82) is 0 Å². The third kappa shape index (κ3) is 4.92. The van der Waals surface area contributed by atoms with Gasteiger partial charge in [-0.1, -0.05) is 30.8 Å². The predicted octanol–water partition coefficient (Wildman–Crippen LogP) is 5.93. The quantitative estimate of drug-likeness (QED) is 0.343. The molecule has 0 saturated carbocycles. The Hall–Kier alpha value is -4.06. The largest absolute Gasteiger partial charge is 0.473 e. The first kappa shape index (κ1) is 22.7. The smallest absolute Gasteiger partial charge is 0.247 e. The first-order valence-corrected chi connectivity index (χ1v) is 12.1. The Labute approximate surface area is 205 Å². The molecule has 1 saturated heterocycles. The second-order valence-electron chi connectivity index (χ2n) is 8.93. The molecule has 1 amide bonds. The van der Waals surface area contributed by atoms with Gasteiger partial charge in [0.2, 0.25) is 11.8 Å². The summed E-state index contributed by atoms with van der Waals surface area (Å²) in [4.78, 5) is 18.8. The molecule has 0 radical (unpaired) electrons. The van der Waals surface area contributed by atoms with Gasteiger partial charge in [0.05, 0.1) is 11.4 Å². The van der Waals surface area contributed by atoms with E-state index in [1.807, 2.05) is 18.2 Å². The number of aromatic nitrogens is 2. The molecule has 0 aliphatic carbocycles. The third-order valence-corrected chi connectivity index (χ3v) is 6.53. The normalized spacial score (nSPS) is 13.6. The van der Waals surface area contributed by atoms with Crippen LogP contribution in [-0.4, -0.2) is 28.5 Å². The predicted molar refractivity (Wildman–Crippen MR) is 142 cm³/mol. The van der Waals surface area contributed by atoms with Crippen LogP contribution in [0.15, 0.2) is 79.6 Å². The number of nitrogens with zero attached hydrogens (tertiary/aromatic N) is 3. The van der Waals surface area contributed by atoms with Gasteiger partial charge < -0.3 is 19.5 Å². The van der Waals surface area contributed by atoms with E-state index in [1.54, 1.807) is 6.20 Å². The Balaban J connectivity index is 1.37. The summed E-state index contributed by atoms with van der Waals surface area (Å²) < 4.78 is 8.21. The summed E-state index contributed by atoms with van der Waals surface area (Å²) in [6.07, 6.45) is 8.80. The molecule has 0 spiro atoms. The molecule has 1 N–H and O–H groups in total. The van der Waals surface area contributed by atoms with E-state index in [0.717, 1.165) is 41.2 Å². The van der Waals surface area contributed by atoms with Crippen molar-refractivity contribution in [1.82, 2.24) is 9.55 Å². The SMILES string of the molecule is C=CC(=O)Nc1cc(COc2cc(-c3cn(C)c4ccccc34)ccn2)ccc1N1CCCCC1. The molecular formula is C29H30N4O2. The standard InChI is InChI=1S/C29H30N4O2/c1-3-28(34)31-25-17-21(11-12-27(25)33-15-7-4-8-16-33)20-35-29-18-22(13-14-30-29)24-19-32(2)26-10-6-5-9-23(24)26/h3,5-6,9-14,17-19H,1,4,7-8,15-16,20H2,2H3,(H,31,34). The van der Waals surface area contributed by atoms with E-state index in [2.05, 4.69) is 76.0 Å². The Kier molecular flexibility index (Phi) is 6.53. The van der Waals surface area contributed by atoms with Crippen molar-refractivity contribution in [2.75, 3.05) is 23.3 Å². The van der Waals surface area contributed by atoms with Crippen LogP contribution in [0.3, 0.4) is 0 Å². The van der Waals surface area contributed by atoms with Crippen LogP contribution in [0.5, 0.6) is 5.88 Å². The molecule has 1 fully saturated rings. The van der Waals surface area contributed by atoms with E-state index < -0.39 is 0 Å². The number of anilines is 2. The molecule has 0 unspecified atom stereocenters. The first-order chi connectivity index (χ1) is 17.1. The highest BCUT2D eigenvalue weighted by Gasteiger charge is 2.16. The second-order valence-corrected chi connectivity index (χ2v) is 8.93. The maximum atomic E-state index is 12.1. The van der Waals surface area contributed by atoms with Gasteiger partial charge in [-0.3, -0.25) is 4.79 Å². The highest BCUT2D eigenvalue weighted by atomic mass is 16.5. The lowest BCUT2D eigenvalue weighted by Gasteiger charge is -2.30. The molecule has 0 atom stereocenters. The summed E-state index contributed by atoms with van der Waals surface area (Å²) in [6, 6.07) is 18.5. The van der Waals surface area contributed by atoms with Gasteiger partial charge in [-0.15, -0.1) is 0 Å². The van der Waals surface area contributed by atoms with Crippen molar-refractivity contribution in [3.8, 4) is 17.0 Å². The number of amides is 1. The van der Waals surface area contributed by atoms with Crippen LogP contribution in [0.25, 0.3) is 22.0 Å². The lowest BCUT2D eigenvalue weighted by molar-refractivity contribution is -0.111. The Morgan fingerprint density at radius 3 is 2.77 bits per heavy atom. The fraction of sp³-hybridized carbons (Fsp3) is 0.241. The minimum absolute atomic E-state index is 0.217. The number of rotatable bonds is 7. The number of carbonyl (C=O) groups excluding carboxylic acids is 1. The number of hydrogen-bond donors (Lipinski definition) is 1. The summed E-state index contributed by atoms with van der Waals surface area (Å²) in [7, 11) is 2.06. The average molecular weight is 467 g/mol. The van der Waals surface area contributed by atoms with Crippen LogP contribution in [0.1, 0.15) is 24.8 Å². The summed E-state index contributed by atoms with van der Waals surface area (Å²) in [5.41, 5.74) is 6.18. The Morgan fingerprint density at radius 2 is 1.94 bits per heavy atom. The van der Waals surface area contributed by atoms with Crippen LogP contribution in [0.4, 0.5) is 11.4 Å². The molecular weight excluding hydrogens is 436 g/mol. The maximum absolute atomic E-state index is 12.1. The van der Waals surface area contributed by atoms with Gasteiger partial charge in [-0.2, -0.15) is 0 Å². The minimum atomic E-state index is -0.217. The number of nitrogens with one attached hydrogen (secondary N) is 1. The minimum Gasteiger partial charge on any atom is -0.473 e. The molecule has 1 aliphatic heterocycles. The zero-order valence-corrected chi connectivity index (χ0v) is 20.0. The second kappa shape index (κ2) is 10.1. The number of hydrogen-bond acceptors (Lipinski definition) is 4. The van der Waals surface area contributed by atoms with Gasteiger partial charge in [-0.05, 0) is 60.7 Å². The number of pyridine rings is 1. The van der Waals surface area contributed by atoms with E-state index in [9.17, 15) is 4.79 Å². The molecule has 6 nitrogen and oxygen atoms in total. The van der Waals surface area contributed by atoms with Gasteiger partial charge >= 0.3 is 0 Å². The van der Waals surface area contributed by atoms with Crippen LogP contribution in [0, 0.1) is 0 Å². The molecule has 1 aliphatic rings. The van der Waals surface area contributed by atoms with Crippen LogP contribution < -0.4 is 15.0 Å². The number of aryl methyl sites for hydroxylation is 1. The number of piperidine rings is 1. The average Bonchev–Trinajstić information content (AvgIpc) is 3.25. The number of fused-ring (bicyclic) bond motifs is 1. The highest BCUT2D eigenvalue weighted by molar-refractivity contribution is 6.01.